The quantitative estimate of drug-likeness (QED) is 0.497. The number of hydrogen-bond acceptors (Lipinski definition) is 1. The largest absolute Gasteiger partial charge is 0.298 e. The summed E-state index contributed by atoms with van der Waals surface area (Å²) in [6.45, 7) is 5.92. The Hall–Kier alpha value is -1.37. The fraction of sp³-hybridized carbons (Fsp3) is 0.250. The molecule has 0 aliphatic rings. The molecule has 13 heavy (non-hydrogen) atoms. The molecular weight excluding hydrogens is 160 g/mol. The molecule has 1 rings (SSSR count). The molecule has 0 bridgehead atoms. The number of aldehydes is 1. The van der Waals surface area contributed by atoms with Crippen molar-refractivity contribution in [2.24, 2.45) is 0 Å². The van der Waals surface area contributed by atoms with E-state index in [0.717, 1.165) is 17.4 Å². The van der Waals surface area contributed by atoms with E-state index in [-0.39, 0.29) is 0 Å². The first kappa shape index (κ1) is 9.72. The van der Waals surface area contributed by atoms with Gasteiger partial charge in [0.2, 0.25) is 0 Å². The zero-order valence-electron chi connectivity index (χ0n) is 8.29. The molecule has 0 saturated heterocycles. The molecule has 1 nitrogen and oxygen atoms in total. The van der Waals surface area contributed by atoms with Crippen LogP contribution in [0, 0.1) is 13.8 Å². The number of rotatable bonds is 2. The number of hydrogen-bond donors (Lipinski definition) is 0. The van der Waals surface area contributed by atoms with E-state index in [1.54, 1.807) is 0 Å². The Morgan fingerprint density at radius 3 is 2.15 bits per heavy atom. The molecule has 0 aliphatic heterocycles. The van der Waals surface area contributed by atoms with Crippen LogP contribution in [0.25, 0.3) is 6.08 Å². The molecule has 0 heterocycles. The van der Waals surface area contributed by atoms with Crippen LogP contribution in [0.1, 0.15) is 23.6 Å². The van der Waals surface area contributed by atoms with E-state index in [0.29, 0.717) is 0 Å². The monoisotopic (exact) mass is 174 g/mol. The van der Waals surface area contributed by atoms with Gasteiger partial charge in [0.15, 0.2) is 0 Å². The van der Waals surface area contributed by atoms with Gasteiger partial charge in [-0.2, -0.15) is 0 Å². The number of carbonyl (C=O) groups excluding carboxylic acids is 1. The van der Waals surface area contributed by atoms with Crippen LogP contribution in [-0.4, -0.2) is 6.29 Å². The Balaban J connectivity index is 3.08. The highest BCUT2D eigenvalue weighted by molar-refractivity contribution is 5.80. The summed E-state index contributed by atoms with van der Waals surface area (Å²) >= 11 is 0. The van der Waals surface area contributed by atoms with Crippen molar-refractivity contribution in [3.63, 3.8) is 0 Å². The lowest BCUT2D eigenvalue weighted by Gasteiger charge is -2.00. The zero-order chi connectivity index (χ0) is 9.84. The summed E-state index contributed by atoms with van der Waals surface area (Å²) in [5, 5.41) is 0. The third-order valence-corrected chi connectivity index (χ3v) is 1.82. The highest BCUT2D eigenvalue weighted by Gasteiger charge is 1.93. The predicted molar refractivity (Wildman–Crippen MR) is 55.6 cm³/mol. The van der Waals surface area contributed by atoms with Gasteiger partial charge in [-0.15, -0.1) is 0 Å². The van der Waals surface area contributed by atoms with Crippen molar-refractivity contribution in [3.05, 3.63) is 40.5 Å². The zero-order valence-corrected chi connectivity index (χ0v) is 8.29. The lowest BCUT2D eigenvalue weighted by atomic mass is 10.1. The molecule has 1 heteroatoms. The smallest absolute Gasteiger partial charge is 0.145 e. The van der Waals surface area contributed by atoms with Gasteiger partial charge in [0.1, 0.15) is 6.29 Å². The van der Waals surface area contributed by atoms with Gasteiger partial charge in [-0.3, -0.25) is 4.79 Å². The lowest BCUT2D eigenvalue weighted by Crippen LogP contribution is -1.82. The van der Waals surface area contributed by atoms with Gasteiger partial charge < -0.3 is 0 Å². The Morgan fingerprint density at radius 2 is 1.69 bits per heavy atom. The fourth-order valence-electron chi connectivity index (χ4n) is 1.39. The minimum absolute atomic E-state index is 0.755. The van der Waals surface area contributed by atoms with E-state index >= 15 is 0 Å². The molecule has 0 spiro atoms. The number of carbonyl (C=O) groups is 1. The second kappa shape index (κ2) is 4.04. The second-order valence-electron chi connectivity index (χ2n) is 3.43. The number of aryl methyl sites for hydroxylation is 2. The van der Waals surface area contributed by atoms with Crippen molar-refractivity contribution in [2.45, 2.75) is 20.8 Å². The van der Waals surface area contributed by atoms with Gasteiger partial charge in [0.05, 0.1) is 0 Å². The minimum atomic E-state index is 0.755. The Labute approximate surface area is 79.1 Å². The molecule has 1 aromatic carbocycles. The van der Waals surface area contributed by atoms with Crippen molar-refractivity contribution in [2.75, 3.05) is 0 Å². The Kier molecular flexibility index (Phi) is 3.02. The second-order valence-corrected chi connectivity index (χ2v) is 3.43. The Morgan fingerprint density at radius 1 is 1.15 bits per heavy atom. The predicted octanol–water partition coefficient (Wildman–Crippen LogP) is 2.91. The van der Waals surface area contributed by atoms with E-state index < -0.39 is 0 Å². The van der Waals surface area contributed by atoms with Gasteiger partial charge in [-0.1, -0.05) is 29.3 Å². The molecule has 0 aliphatic carbocycles. The van der Waals surface area contributed by atoms with Crippen LogP contribution >= 0.6 is 0 Å². The summed E-state index contributed by atoms with van der Waals surface area (Å²) < 4.78 is 0. The van der Waals surface area contributed by atoms with Crippen LogP contribution in [0.15, 0.2) is 23.8 Å². The van der Waals surface area contributed by atoms with Crippen molar-refractivity contribution in [1.82, 2.24) is 0 Å². The Bertz CT molecular complexity index is 328. The van der Waals surface area contributed by atoms with Gasteiger partial charge >= 0.3 is 0 Å². The van der Waals surface area contributed by atoms with E-state index in [1.807, 2.05) is 13.0 Å². The third-order valence-electron chi connectivity index (χ3n) is 1.82. The van der Waals surface area contributed by atoms with E-state index in [1.165, 1.54) is 11.1 Å². The molecule has 0 atom stereocenters. The first-order valence-electron chi connectivity index (χ1n) is 4.33. The molecule has 0 radical (unpaired) electrons. The van der Waals surface area contributed by atoms with Crippen molar-refractivity contribution < 1.29 is 4.79 Å². The normalized spacial score (nSPS) is 11.5. The molecule has 0 N–H and O–H groups in total. The third kappa shape index (κ3) is 2.86. The molecule has 0 aromatic heterocycles. The summed E-state index contributed by atoms with van der Waals surface area (Å²) in [6, 6.07) is 6.26. The first-order chi connectivity index (χ1) is 6.11. The average Bonchev–Trinajstić information content (AvgIpc) is 2.02. The minimum Gasteiger partial charge on any atom is -0.298 e. The van der Waals surface area contributed by atoms with Crippen LogP contribution in [-0.2, 0) is 4.79 Å². The van der Waals surface area contributed by atoms with Crippen molar-refractivity contribution in [3.8, 4) is 0 Å². The highest BCUT2D eigenvalue weighted by Crippen LogP contribution is 2.11. The first-order valence-corrected chi connectivity index (χ1v) is 4.33. The molecule has 0 fully saturated rings. The summed E-state index contributed by atoms with van der Waals surface area (Å²) in [7, 11) is 0. The molecule has 0 saturated carbocycles. The topological polar surface area (TPSA) is 17.1 Å². The molecule has 0 unspecified atom stereocenters. The van der Waals surface area contributed by atoms with Gasteiger partial charge in [-0.05, 0) is 38.0 Å². The number of allylic oxidation sites excluding steroid dienone is 1. The van der Waals surface area contributed by atoms with E-state index in [4.69, 9.17) is 0 Å². The van der Waals surface area contributed by atoms with Crippen LogP contribution in [0.2, 0.25) is 0 Å². The summed E-state index contributed by atoms with van der Waals surface area (Å²) in [4.78, 5) is 10.4. The molecular formula is C12H14O. The fourth-order valence-corrected chi connectivity index (χ4v) is 1.39. The summed E-state index contributed by atoms with van der Waals surface area (Å²) in [5.74, 6) is 0. The van der Waals surface area contributed by atoms with Gasteiger partial charge in [0.25, 0.3) is 0 Å². The van der Waals surface area contributed by atoms with Crippen molar-refractivity contribution in [1.29, 1.82) is 0 Å². The van der Waals surface area contributed by atoms with Crippen LogP contribution in [0.4, 0.5) is 0 Å². The summed E-state index contributed by atoms with van der Waals surface area (Å²) in [6.07, 6.45) is 2.77. The maximum atomic E-state index is 10.4. The highest BCUT2D eigenvalue weighted by atomic mass is 16.1. The molecule has 0 amide bonds. The summed E-state index contributed by atoms with van der Waals surface area (Å²) in [5.41, 5.74) is 4.31. The standard InChI is InChI=1S/C12H14O/c1-9-4-10(2)6-12(5-9)7-11(3)8-13/h4-8H,1-3H3/b11-7-. The lowest BCUT2D eigenvalue weighted by molar-refractivity contribution is -0.104. The van der Waals surface area contributed by atoms with Gasteiger partial charge in [-0.25, -0.2) is 0 Å². The average molecular weight is 174 g/mol. The van der Waals surface area contributed by atoms with E-state index in [2.05, 4.69) is 32.0 Å². The van der Waals surface area contributed by atoms with Crippen LogP contribution in [0.5, 0.6) is 0 Å². The maximum absolute atomic E-state index is 10.4. The molecule has 68 valence electrons. The number of benzene rings is 1. The van der Waals surface area contributed by atoms with Crippen LogP contribution < -0.4 is 0 Å². The molecule has 1 aromatic rings. The van der Waals surface area contributed by atoms with Crippen LogP contribution in [0.3, 0.4) is 0 Å². The van der Waals surface area contributed by atoms with Crippen molar-refractivity contribution >= 4 is 12.4 Å². The maximum Gasteiger partial charge on any atom is 0.145 e. The SMILES string of the molecule is C/C(C=O)=C/c1cc(C)cc(C)c1. The van der Waals surface area contributed by atoms with E-state index in [9.17, 15) is 4.79 Å². The van der Waals surface area contributed by atoms with Gasteiger partial charge in [0, 0.05) is 0 Å².